The van der Waals surface area contributed by atoms with E-state index in [1.807, 2.05) is 6.07 Å². The van der Waals surface area contributed by atoms with Gasteiger partial charge in [0.15, 0.2) is 11.5 Å². The molecular weight excluding hydrogens is 204 g/mol. The molecule has 0 bridgehead atoms. The van der Waals surface area contributed by atoms with Crippen molar-refractivity contribution in [3.05, 3.63) is 23.3 Å². The molecule has 0 heterocycles. The van der Waals surface area contributed by atoms with Crippen molar-refractivity contribution < 1.29 is 14.6 Å². The molecule has 16 heavy (non-hydrogen) atoms. The van der Waals surface area contributed by atoms with Crippen molar-refractivity contribution in [1.29, 1.82) is 0 Å². The van der Waals surface area contributed by atoms with Gasteiger partial charge in [0.1, 0.15) is 0 Å². The predicted molar refractivity (Wildman–Crippen MR) is 64.3 cm³/mol. The van der Waals surface area contributed by atoms with Crippen molar-refractivity contribution in [1.82, 2.24) is 0 Å². The predicted octanol–water partition coefficient (Wildman–Crippen LogP) is 2.19. The van der Waals surface area contributed by atoms with E-state index in [0.29, 0.717) is 0 Å². The number of hydrogen-bond acceptors (Lipinski definition) is 3. The van der Waals surface area contributed by atoms with Gasteiger partial charge in [-0.25, -0.2) is 0 Å². The lowest BCUT2D eigenvalue weighted by Gasteiger charge is -2.14. The fourth-order valence-electron chi connectivity index (χ4n) is 1.77. The third-order valence-corrected chi connectivity index (χ3v) is 2.63. The molecule has 3 nitrogen and oxygen atoms in total. The van der Waals surface area contributed by atoms with Gasteiger partial charge in [-0.1, -0.05) is 13.0 Å². The SMILES string of the molecule is CCc1cc(CCCO)c(OC)c(OC)c1. The summed E-state index contributed by atoms with van der Waals surface area (Å²) in [5, 5.41) is 8.87. The number of methoxy groups -OCH3 is 2. The number of hydrogen-bond donors (Lipinski definition) is 1. The van der Waals surface area contributed by atoms with Gasteiger partial charge >= 0.3 is 0 Å². The molecule has 0 aromatic heterocycles. The van der Waals surface area contributed by atoms with Gasteiger partial charge in [0.2, 0.25) is 0 Å². The van der Waals surface area contributed by atoms with E-state index in [1.54, 1.807) is 14.2 Å². The van der Waals surface area contributed by atoms with Crippen LogP contribution in [0.4, 0.5) is 0 Å². The minimum Gasteiger partial charge on any atom is -0.493 e. The Bertz CT molecular complexity index is 334. The highest BCUT2D eigenvalue weighted by Crippen LogP contribution is 2.33. The van der Waals surface area contributed by atoms with Gasteiger partial charge < -0.3 is 14.6 Å². The quantitative estimate of drug-likeness (QED) is 0.805. The van der Waals surface area contributed by atoms with Crippen molar-refractivity contribution in [3.8, 4) is 11.5 Å². The fourth-order valence-corrected chi connectivity index (χ4v) is 1.77. The summed E-state index contributed by atoms with van der Waals surface area (Å²) in [6.07, 6.45) is 2.52. The van der Waals surface area contributed by atoms with Crippen molar-refractivity contribution in [2.45, 2.75) is 26.2 Å². The molecule has 0 unspecified atom stereocenters. The molecule has 0 aliphatic heterocycles. The highest BCUT2D eigenvalue weighted by molar-refractivity contribution is 5.49. The summed E-state index contributed by atoms with van der Waals surface area (Å²) in [6.45, 7) is 2.30. The van der Waals surface area contributed by atoms with Crippen molar-refractivity contribution >= 4 is 0 Å². The van der Waals surface area contributed by atoms with Gasteiger partial charge in [-0.3, -0.25) is 0 Å². The summed E-state index contributed by atoms with van der Waals surface area (Å²) in [5.74, 6) is 1.56. The van der Waals surface area contributed by atoms with Crippen LogP contribution < -0.4 is 9.47 Å². The maximum atomic E-state index is 8.87. The summed E-state index contributed by atoms with van der Waals surface area (Å²) in [4.78, 5) is 0. The molecule has 0 radical (unpaired) electrons. The van der Waals surface area contributed by atoms with Crippen LogP contribution in [0.25, 0.3) is 0 Å². The van der Waals surface area contributed by atoms with Gasteiger partial charge in [-0.05, 0) is 36.5 Å². The summed E-state index contributed by atoms with van der Waals surface area (Å²) in [5.41, 5.74) is 2.33. The zero-order chi connectivity index (χ0) is 12.0. The number of aliphatic hydroxyl groups is 1. The molecule has 90 valence electrons. The average molecular weight is 224 g/mol. The molecule has 0 fully saturated rings. The molecule has 1 aromatic carbocycles. The van der Waals surface area contributed by atoms with E-state index < -0.39 is 0 Å². The van der Waals surface area contributed by atoms with Crippen LogP contribution in [0.15, 0.2) is 12.1 Å². The Balaban J connectivity index is 3.09. The van der Waals surface area contributed by atoms with Crippen LogP contribution in [-0.4, -0.2) is 25.9 Å². The van der Waals surface area contributed by atoms with Crippen LogP contribution in [-0.2, 0) is 12.8 Å². The Hall–Kier alpha value is -1.22. The number of aryl methyl sites for hydroxylation is 2. The Morgan fingerprint density at radius 3 is 2.44 bits per heavy atom. The molecule has 1 rings (SSSR count). The highest BCUT2D eigenvalue weighted by Gasteiger charge is 2.11. The summed E-state index contributed by atoms with van der Waals surface area (Å²) >= 11 is 0. The molecule has 0 saturated carbocycles. The molecule has 0 atom stereocenters. The molecule has 0 amide bonds. The Morgan fingerprint density at radius 1 is 1.19 bits per heavy atom. The zero-order valence-electron chi connectivity index (χ0n) is 10.2. The first-order valence-corrected chi connectivity index (χ1v) is 5.61. The maximum absolute atomic E-state index is 8.87. The van der Waals surface area contributed by atoms with E-state index in [2.05, 4.69) is 13.0 Å². The number of benzene rings is 1. The lowest BCUT2D eigenvalue weighted by molar-refractivity contribution is 0.287. The first-order chi connectivity index (χ1) is 7.76. The monoisotopic (exact) mass is 224 g/mol. The van der Waals surface area contributed by atoms with Crippen LogP contribution in [0.2, 0.25) is 0 Å². The van der Waals surface area contributed by atoms with E-state index >= 15 is 0 Å². The highest BCUT2D eigenvalue weighted by atomic mass is 16.5. The van der Waals surface area contributed by atoms with Crippen molar-refractivity contribution in [3.63, 3.8) is 0 Å². The first-order valence-electron chi connectivity index (χ1n) is 5.61. The third kappa shape index (κ3) is 2.89. The summed E-state index contributed by atoms with van der Waals surface area (Å²) in [7, 11) is 3.29. The summed E-state index contributed by atoms with van der Waals surface area (Å²) < 4.78 is 10.7. The van der Waals surface area contributed by atoms with Crippen molar-refractivity contribution in [2.75, 3.05) is 20.8 Å². The number of rotatable bonds is 6. The second-order valence-electron chi connectivity index (χ2n) is 3.67. The van der Waals surface area contributed by atoms with E-state index in [0.717, 1.165) is 36.3 Å². The normalized spacial score (nSPS) is 10.2. The minimum absolute atomic E-state index is 0.196. The third-order valence-electron chi connectivity index (χ3n) is 2.63. The molecule has 0 aliphatic rings. The van der Waals surface area contributed by atoms with Crippen LogP contribution in [0.1, 0.15) is 24.5 Å². The van der Waals surface area contributed by atoms with E-state index in [9.17, 15) is 0 Å². The van der Waals surface area contributed by atoms with E-state index in [4.69, 9.17) is 14.6 Å². The number of ether oxygens (including phenoxy) is 2. The topological polar surface area (TPSA) is 38.7 Å². The Morgan fingerprint density at radius 2 is 1.94 bits per heavy atom. The second-order valence-corrected chi connectivity index (χ2v) is 3.67. The largest absolute Gasteiger partial charge is 0.493 e. The fraction of sp³-hybridized carbons (Fsp3) is 0.538. The smallest absolute Gasteiger partial charge is 0.163 e. The second kappa shape index (κ2) is 6.38. The molecule has 1 N–H and O–H groups in total. The van der Waals surface area contributed by atoms with Crippen molar-refractivity contribution in [2.24, 2.45) is 0 Å². The standard InChI is InChI=1S/C13H20O3/c1-4-10-8-11(6-5-7-14)13(16-3)12(9-10)15-2/h8-9,14H,4-7H2,1-3H3. The molecule has 0 aliphatic carbocycles. The maximum Gasteiger partial charge on any atom is 0.163 e. The first kappa shape index (κ1) is 12.8. The van der Waals surface area contributed by atoms with Gasteiger partial charge in [0, 0.05) is 6.61 Å². The van der Waals surface area contributed by atoms with Gasteiger partial charge in [-0.2, -0.15) is 0 Å². The van der Waals surface area contributed by atoms with E-state index in [-0.39, 0.29) is 6.61 Å². The Labute approximate surface area is 97.0 Å². The molecule has 3 heteroatoms. The van der Waals surface area contributed by atoms with Crippen LogP contribution in [0.3, 0.4) is 0 Å². The average Bonchev–Trinajstić information content (AvgIpc) is 2.34. The van der Waals surface area contributed by atoms with Crippen LogP contribution in [0.5, 0.6) is 11.5 Å². The van der Waals surface area contributed by atoms with Crippen LogP contribution >= 0.6 is 0 Å². The lowest BCUT2D eigenvalue weighted by atomic mass is 10.0. The molecule has 1 aromatic rings. The van der Waals surface area contributed by atoms with Gasteiger partial charge in [0.25, 0.3) is 0 Å². The Kier molecular flexibility index (Phi) is 5.12. The lowest BCUT2D eigenvalue weighted by Crippen LogP contribution is -1.99. The zero-order valence-corrected chi connectivity index (χ0v) is 10.2. The molecule has 0 saturated heterocycles. The summed E-state index contributed by atoms with van der Waals surface area (Å²) in [6, 6.07) is 4.12. The molecular formula is C13H20O3. The van der Waals surface area contributed by atoms with Gasteiger partial charge in [-0.15, -0.1) is 0 Å². The van der Waals surface area contributed by atoms with Gasteiger partial charge in [0.05, 0.1) is 14.2 Å². The van der Waals surface area contributed by atoms with Crippen LogP contribution in [0, 0.1) is 0 Å². The molecule has 0 spiro atoms. The minimum atomic E-state index is 0.196. The van der Waals surface area contributed by atoms with E-state index in [1.165, 1.54) is 5.56 Å². The number of aliphatic hydroxyl groups excluding tert-OH is 1.